The smallest absolute Gasteiger partial charge is 0.136 e. The van der Waals surface area contributed by atoms with E-state index in [2.05, 4.69) is 125 Å². The first-order valence-corrected chi connectivity index (χ1v) is 15.9. The fourth-order valence-corrected chi connectivity index (χ4v) is 11.7. The molecule has 3 aromatic rings. The molecule has 0 saturated heterocycles. The number of Topliss-reactive ketones (excluding diaryl/α,β-unsaturated/α-hetero) is 1. The van der Waals surface area contributed by atoms with Gasteiger partial charge in [-0.2, -0.15) is 0 Å². The van der Waals surface area contributed by atoms with Crippen LogP contribution in [0.5, 0.6) is 0 Å². The molecule has 3 aromatic carbocycles. The summed E-state index contributed by atoms with van der Waals surface area (Å²) in [6.07, 6.45) is 3.94. The van der Waals surface area contributed by atoms with Gasteiger partial charge in [0.1, 0.15) is 5.78 Å². The van der Waals surface area contributed by atoms with Crippen molar-refractivity contribution in [2.24, 2.45) is 11.3 Å². The summed E-state index contributed by atoms with van der Waals surface area (Å²) >= 11 is 0. The summed E-state index contributed by atoms with van der Waals surface area (Å²) in [5.74, 6) is 0.695. The number of ketones is 1. The van der Waals surface area contributed by atoms with Gasteiger partial charge in [-0.3, -0.25) is 4.79 Å². The van der Waals surface area contributed by atoms with Crippen LogP contribution in [0.4, 0.5) is 0 Å². The minimum Gasteiger partial charge on any atom is -0.299 e. The topological polar surface area (TPSA) is 17.1 Å². The molecule has 34 heavy (non-hydrogen) atoms. The van der Waals surface area contributed by atoms with Crippen LogP contribution in [-0.2, 0) is 9.83 Å². The molecule has 0 aliphatic heterocycles. The van der Waals surface area contributed by atoms with E-state index in [1.54, 1.807) is 0 Å². The van der Waals surface area contributed by atoms with Gasteiger partial charge in [0.05, 0.1) is 8.07 Å². The molecule has 2 atom stereocenters. The van der Waals surface area contributed by atoms with Crippen molar-refractivity contribution in [1.29, 1.82) is 0 Å². The number of carbonyl (C=O) groups is 1. The first kappa shape index (κ1) is 24.7. The maximum Gasteiger partial charge on any atom is 0.136 e. The summed E-state index contributed by atoms with van der Waals surface area (Å²) in [6.45, 7) is 11.7. The molecule has 2 heteroatoms. The van der Waals surface area contributed by atoms with E-state index in [1.165, 1.54) is 16.7 Å². The van der Waals surface area contributed by atoms with Gasteiger partial charge in [-0.25, -0.2) is 0 Å². The van der Waals surface area contributed by atoms with Crippen molar-refractivity contribution in [1.82, 2.24) is 0 Å². The Morgan fingerprint density at radius 2 is 1.15 bits per heavy atom. The second-order valence-corrected chi connectivity index (χ2v) is 17.0. The minimum atomic E-state index is -2.07. The molecule has 0 radical (unpaired) electrons. The summed E-state index contributed by atoms with van der Waals surface area (Å²) in [4.78, 5) is 13.2. The predicted molar refractivity (Wildman–Crippen MR) is 147 cm³/mol. The van der Waals surface area contributed by atoms with Gasteiger partial charge in [0.25, 0.3) is 0 Å². The molecule has 178 valence electrons. The molecule has 0 N–H and O–H groups in total. The average Bonchev–Trinajstić information content (AvgIpc) is 3.32. The second kappa shape index (κ2) is 9.66. The molecule has 0 spiro atoms. The highest BCUT2D eigenvalue weighted by Gasteiger charge is 2.55. The predicted octanol–water partition coefficient (Wildman–Crippen LogP) is 8.44. The van der Waals surface area contributed by atoms with Gasteiger partial charge in [-0.05, 0) is 40.5 Å². The van der Waals surface area contributed by atoms with Gasteiger partial charge in [-0.15, -0.1) is 0 Å². The standard InChI is InChI=1S/C32H40OSi/c1-31(2,3)24-30(33)25-21-22-29(23-25)34(4,5)32(26-15-9-6-10-16-26,27-17-11-7-12-18-27)28-19-13-8-14-20-28/h6-20,25,29H,21-24H2,1-5H3/t25-,29-/m1/s1. The van der Waals surface area contributed by atoms with E-state index in [0.717, 1.165) is 19.3 Å². The lowest BCUT2D eigenvalue weighted by atomic mass is 9.83. The zero-order chi connectivity index (χ0) is 24.4. The van der Waals surface area contributed by atoms with Gasteiger partial charge in [0, 0.05) is 17.4 Å². The first-order valence-electron chi connectivity index (χ1n) is 12.9. The van der Waals surface area contributed by atoms with Crippen LogP contribution < -0.4 is 0 Å². The molecule has 1 fully saturated rings. The Labute approximate surface area is 207 Å². The molecule has 0 heterocycles. The van der Waals surface area contributed by atoms with Crippen LogP contribution in [0.15, 0.2) is 91.0 Å². The maximum atomic E-state index is 13.2. The summed E-state index contributed by atoms with van der Waals surface area (Å²) in [7, 11) is -2.07. The minimum absolute atomic E-state index is 0.0595. The quantitative estimate of drug-likeness (QED) is 0.251. The molecule has 1 aliphatic rings. The SMILES string of the molecule is CC(C)(C)CC(=O)[C@@H]1CC[C@@H]([Si](C)(C)C(c2ccccc2)(c2ccccc2)c2ccccc2)C1. The van der Waals surface area contributed by atoms with Crippen LogP contribution >= 0.6 is 0 Å². The highest BCUT2D eigenvalue weighted by molar-refractivity contribution is 6.83. The highest BCUT2D eigenvalue weighted by Crippen LogP contribution is 2.55. The van der Waals surface area contributed by atoms with Gasteiger partial charge in [0.2, 0.25) is 0 Å². The Kier molecular flexibility index (Phi) is 7.01. The van der Waals surface area contributed by atoms with E-state index in [4.69, 9.17) is 0 Å². The van der Waals surface area contributed by atoms with Crippen LogP contribution in [0.3, 0.4) is 0 Å². The van der Waals surface area contributed by atoms with E-state index in [1.807, 2.05) is 0 Å². The first-order chi connectivity index (χ1) is 16.2. The second-order valence-electron chi connectivity index (χ2n) is 12.0. The third kappa shape index (κ3) is 4.58. The number of hydrogen-bond donors (Lipinski definition) is 0. The summed E-state index contributed by atoms with van der Waals surface area (Å²) in [5.41, 5.74) is 4.79. The van der Waals surface area contributed by atoms with Crippen LogP contribution in [0.1, 0.15) is 63.1 Å². The average molecular weight is 469 g/mol. The lowest BCUT2D eigenvalue weighted by molar-refractivity contribution is -0.124. The molecule has 4 rings (SSSR count). The number of benzene rings is 3. The van der Waals surface area contributed by atoms with Crippen molar-refractivity contribution in [2.75, 3.05) is 0 Å². The van der Waals surface area contributed by atoms with E-state index in [0.29, 0.717) is 17.7 Å². The van der Waals surface area contributed by atoms with Crippen molar-refractivity contribution < 1.29 is 4.79 Å². The Hall–Kier alpha value is -2.45. The van der Waals surface area contributed by atoms with Crippen LogP contribution in [0.25, 0.3) is 0 Å². The van der Waals surface area contributed by atoms with Crippen LogP contribution in [-0.4, -0.2) is 13.9 Å². The summed E-state index contributed by atoms with van der Waals surface area (Å²) in [6, 6.07) is 33.4. The third-order valence-electron chi connectivity index (χ3n) is 8.20. The molecule has 0 amide bonds. The largest absolute Gasteiger partial charge is 0.299 e. The third-order valence-corrected chi connectivity index (χ3v) is 13.6. The van der Waals surface area contributed by atoms with Gasteiger partial charge >= 0.3 is 0 Å². The van der Waals surface area contributed by atoms with E-state index in [9.17, 15) is 4.79 Å². The monoisotopic (exact) mass is 468 g/mol. The van der Waals surface area contributed by atoms with Crippen molar-refractivity contribution >= 4 is 13.9 Å². The zero-order valence-electron chi connectivity index (χ0n) is 21.6. The molecule has 0 bridgehead atoms. The highest BCUT2D eigenvalue weighted by atomic mass is 28.3. The van der Waals surface area contributed by atoms with E-state index < -0.39 is 8.07 Å². The molecule has 1 nitrogen and oxygen atoms in total. The lowest BCUT2D eigenvalue weighted by Gasteiger charge is -2.50. The van der Waals surface area contributed by atoms with Gasteiger partial charge in [0.15, 0.2) is 0 Å². The fraction of sp³-hybridized carbons (Fsp3) is 0.406. The summed E-state index contributed by atoms with van der Waals surface area (Å²) in [5, 5.41) is -0.177. The van der Waals surface area contributed by atoms with Crippen molar-refractivity contribution in [3.05, 3.63) is 108 Å². The molecule has 1 aliphatic carbocycles. The fourth-order valence-electron chi connectivity index (χ4n) is 6.58. The van der Waals surface area contributed by atoms with Gasteiger partial charge < -0.3 is 0 Å². The summed E-state index contributed by atoms with van der Waals surface area (Å²) < 4.78 is 0. The van der Waals surface area contributed by atoms with Gasteiger partial charge in [-0.1, -0.05) is 131 Å². The van der Waals surface area contributed by atoms with E-state index in [-0.39, 0.29) is 16.4 Å². The maximum absolute atomic E-state index is 13.2. The Bertz CT molecular complexity index is 983. The molecular weight excluding hydrogens is 428 g/mol. The normalized spacial score (nSPS) is 19.2. The Morgan fingerprint density at radius 1 is 0.735 bits per heavy atom. The Morgan fingerprint density at radius 3 is 1.53 bits per heavy atom. The molecule has 1 saturated carbocycles. The number of carbonyl (C=O) groups excluding carboxylic acids is 1. The molecule has 0 unspecified atom stereocenters. The molecular formula is C32H40OSi. The van der Waals surface area contributed by atoms with Crippen molar-refractivity contribution in [3.8, 4) is 0 Å². The Balaban J connectivity index is 1.85. The number of rotatable bonds is 7. The number of hydrogen-bond acceptors (Lipinski definition) is 1. The lowest BCUT2D eigenvalue weighted by Crippen LogP contribution is -2.56. The van der Waals surface area contributed by atoms with Crippen LogP contribution in [0, 0.1) is 11.3 Å². The van der Waals surface area contributed by atoms with Crippen molar-refractivity contribution in [3.63, 3.8) is 0 Å². The zero-order valence-corrected chi connectivity index (χ0v) is 22.6. The van der Waals surface area contributed by atoms with E-state index >= 15 is 0 Å². The van der Waals surface area contributed by atoms with Crippen LogP contribution in [0.2, 0.25) is 18.6 Å². The van der Waals surface area contributed by atoms with Crippen molar-refractivity contribution in [2.45, 2.75) is 70.1 Å². The molecule has 0 aromatic heterocycles.